The first kappa shape index (κ1) is 26.1. The molecule has 1 amide bonds. The molecule has 0 bridgehead atoms. The van der Waals surface area contributed by atoms with Crippen LogP contribution in [0.2, 0.25) is 5.02 Å². The number of sulfonamides is 1. The van der Waals surface area contributed by atoms with Gasteiger partial charge in [0.1, 0.15) is 23.3 Å². The number of anilines is 2. The molecule has 0 fully saturated rings. The summed E-state index contributed by atoms with van der Waals surface area (Å²) >= 11 is 6.16. The first-order valence-corrected chi connectivity index (χ1v) is 13.6. The Morgan fingerprint density at radius 2 is 1.35 bits per heavy atom. The third-order valence-electron chi connectivity index (χ3n) is 5.33. The molecule has 4 aromatic carbocycles. The monoisotopic (exact) mass is 536 g/mol. The van der Waals surface area contributed by atoms with Crippen molar-refractivity contribution >= 4 is 38.9 Å². The van der Waals surface area contributed by atoms with Gasteiger partial charge in [-0.05, 0) is 73.7 Å². The summed E-state index contributed by atoms with van der Waals surface area (Å²) in [4.78, 5) is 13.3. The van der Waals surface area contributed by atoms with E-state index in [4.69, 9.17) is 21.1 Å². The number of nitrogens with one attached hydrogen (secondary N) is 1. The van der Waals surface area contributed by atoms with Crippen LogP contribution in [0.4, 0.5) is 11.4 Å². The highest BCUT2D eigenvalue weighted by Gasteiger charge is 2.30. The van der Waals surface area contributed by atoms with Gasteiger partial charge in [0.05, 0.1) is 17.6 Å². The molecule has 37 heavy (non-hydrogen) atoms. The summed E-state index contributed by atoms with van der Waals surface area (Å²) in [6, 6.07) is 28.5. The number of rotatable bonds is 9. The molecule has 0 heterocycles. The van der Waals surface area contributed by atoms with Crippen LogP contribution in [0.15, 0.2) is 103 Å². The largest absolute Gasteiger partial charge is 0.457 e. The summed E-state index contributed by atoms with van der Waals surface area (Å²) in [5.74, 6) is 1.56. The maximum Gasteiger partial charge on any atom is 0.248 e. The van der Waals surface area contributed by atoms with Crippen molar-refractivity contribution in [2.24, 2.45) is 0 Å². The molecule has 0 radical (unpaired) electrons. The van der Waals surface area contributed by atoms with Crippen molar-refractivity contribution in [3.05, 3.63) is 108 Å². The van der Waals surface area contributed by atoms with Crippen LogP contribution < -0.4 is 19.1 Å². The molecule has 0 aromatic heterocycles. The van der Waals surface area contributed by atoms with Gasteiger partial charge in [-0.3, -0.25) is 9.10 Å². The normalized spacial score (nSPS) is 11.9. The Labute approximate surface area is 221 Å². The van der Waals surface area contributed by atoms with E-state index < -0.39 is 22.0 Å². The molecule has 190 valence electrons. The SMILES string of the molecule is C[C@@H](C(=O)Nc1cc(Cl)ccc1Oc1ccccc1)N(c1ccc(Oc2ccccc2)cc1)S(C)(=O)=O. The number of hydrogen-bond donors (Lipinski definition) is 1. The van der Waals surface area contributed by atoms with Gasteiger partial charge in [0, 0.05) is 5.02 Å². The maximum atomic E-state index is 13.3. The molecule has 0 saturated carbocycles. The molecule has 0 spiro atoms. The van der Waals surface area contributed by atoms with E-state index in [2.05, 4.69) is 5.32 Å². The van der Waals surface area contributed by atoms with Gasteiger partial charge >= 0.3 is 0 Å². The van der Waals surface area contributed by atoms with Gasteiger partial charge in [-0.15, -0.1) is 0 Å². The first-order chi connectivity index (χ1) is 17.7. The maximum absolute atomic E-state index is 13.3. The summed E-state index contributed by atoms with van der Waals surface area (Å²) in [5, 5.41) is 3.15. The number of hydrogen-bond acceptors (Lipinski definition) is 5. The van der Waals surface area contributed by atoms with Crippen molar-refractivity contribution in [1.29, 1.82) is 0 Å². The summed E-state index contributed by atoms with van der Waals surface area (Å²) in [5.41, 5.74) is 0.630. The molecular formula is C28H25ClN2O5S. The number of carbonyl (C=O) groups is 1. The fourth-order valence-electron chi connectivity index (χ4n) is 3.64. The Balaban J connectivity index is 1.55. The summed E-state index contributed by atoms with van der Waals surface area (Å²) < 4.78 is 38.2. The van der Waals surface area contributed by atoms with Crippen molar-refractivity contribution in [3.63, 3.8) is 0 Å². The van der Waals surface area contributed by atoms with Crippen LogP contribution >= 0.6 is 11.6 Å². The highest BCUT2D eigenvalue weighted by molar-refractivity contribution is 7.92. The smallest absolute Gasteiger partial charge is 0.248 e. The molecule has 9 heteroatoms. The number of carbonyl (C=O) groups excluding carboxylic acids is 1. The molecule has 1 atom stereocenters. The standard InChI is InChI=1S/C28H25ClN2O5S/c1-20(28(32)30-26-19-21(29)13-18-27(26)36-24-11-7-4-8-12-24)31(37(2,33)34)22-14-16-25(17-15-22)35-23-9-5-3-6-10-23/h3-20H,1-2H3,(H,30,32)/t20-/m0/s1. The van der Waals surface area contributed by atoms with Crippen molar-refractivity contribution in [2.45, 2.75) is 13.0 Å². The van der Waals surface area contributed by atoms with E-state index in [-0.39, 0.29) is 0 Å². The van der Waals surface area contributed by atoms with E-state index >= 15 is 0 Å². The molecular weight excluding hydrogens is 512 g/mol. The fraction of sp³-hybridized carbons (Fsp3) is 0.107. The molecule has 0 aliphatic carbocycles. The van der Waals surface area contributed by atoms with E-state index in [9.17, 15) is 13.2 Å². The lowest BCUT2D eigenvalue weighted by atomic mass is 10.2. The van der Waals surface area contributed by atoms with Crippen LogP contribution in [0.5, 0.6) is 23.0 Å². The third kappa shape index (κ3) is 6.81. The van der Waals surface area contributed by atoms with Gasteiger partial charge in [0.25, 0.3) is 0 Å². The van der Waals surface area contributed by atoms with E-state index in [0.29, 0.717) is 39.4 Å². The van der Waals surface area contributed by atoms with E-state index in [1.54, 1.807) is 54.6 Å². The van der Waals surface area contributed by atoms with Gasteiger partial charge in [-0.2, -0.15) is 0 Å². The molecule has 1 N–H and O–H groups in total. The van der Waals surface area contributed by atoms with Gasteiger partial charge in [-0.1, -0.05) is 48.0 Å². The van der Waals surface area contributed by atoms with Crippen LogP contribution in [-0.4, -0.2) is 26.6 Å². The average Bonchev–Trinajstić information content (AvgIpc) is 2.87. The number of ether oxygens (including phenoxy) is 2. The average molecular weight is 537 g/mol. The number of benzene rings is 4. The second-order valence-corrected chi connectivity index (χ2v) is 10.5. The zero-order valence-corrected chi connectivity index (χ0v) is 21.7. The Hall–Kier alpha value is -4.01. The summed E-state index contributed by atoms with van der Waals surface area (Å²) in [6.07, 6.45) is 1.05. The van der Waals surface area contributed by atoms with Crippen LogP contribution in [-0.2, 0) is 14.8 Å². The molecule has 7 nitrogen and oxygen atoms in total. The molecule has 0 aliphatic heterocycles. The number of amides is 1. The number of halogens is 1. The highest BCUT2D eigenvalue weighted by atomic mass is 35.5. The Morgan fingerprint density at radius 1 is 0.811 bits per heavy atom. The van der Waals surface area contributed by atoms with Crippen LogP contribution in [0.25, 0.3) is 0 Å². The molecule has 0 saturated heterocycles. The van der Waals surface area contributed by atoms with Crippen molar-refractivity contribution in [1.82, 2.24) is 0 Å². The lowest BCUT2D eigenvalue weighted by Crippen LogP contribution is -2.45. The summed E-state index contributed by atoms with van der Waals surface area (Å²) in [6.45, 7) is 1.51. The molecule has 4 aromatic rings. The second-order valence-electron chi connectivity index (χ2n) is 8.19. The lowest BCUT2D eigenvalue weighted by Gasteiger charge is -2.28. The molecule has 0 aliphatic rings. The van der Waals surface area contributed by atoms with Crippen LogP contribution in [0.1, 0.15) is 6.92 Å². The van der Waals surface area contributed by atoms with Crippen molar-refractivity contribution < 1.29 is 22.7 Å². The van der Waals surface area contributed by atoms with E-state index in [1.165, 1.54) is 6.92 Å². The van der Waals surface area contributed by atoms with Gasteiger partial charge < -0.3 is 14.8 Å². The lowest BCUT2D eigenvalue weighted by molar-refractivity contribution is -0.116. The Bertz CT molecular complexity index is 1460. The minimum Gasteiger partial charge on any atom is -0.457 e. The van der Waals surface area contributed by atoms with Crippen molar-refractivity contribution in [3.8, 4) is 23.0 Å². The number of para-hydroxylation sites is 2. The molecule has 4 rings (SSSR count). The predicted molar refractivity (Wildman–Crippen MR) is 146 cm³/mol. The Morgan fingerprint density at radius 3 is 1.92 bits per heavy atom. The van der Waals surface area contributed by atoms with Crippen molar-refractivity contribution in [2.75, 3.05) is 15.9 Å². The fourth-order valence-corrected chi connectivity index (χ4v) is 4.98. The molecule has 0 unspecified atom stereocenters. The van der Waals surface area contributed by atoms with Crippen LogP contribution in [0, 0.1) is 0 Å². The minimum absolute atomic E-state index is 0.313. The third-order valence-corrected chi connectivity index (χ3v) is 6.81. The topological polar surface area (TPSA) is 84.9 Å². The number of nitrogens with zero attached hydrogens (tertiary/aromatic N) is 1. The van der Waals surface area contributed by atoms with Gasteiger partial charge in [0.15, 0.2) is 5.75 Å². The second kappa shape index (κ2) is 11.4. The van der Waals surface area contributed by atoms with Gasteiger partial charge in [-0.25, -0.2) is 8.42 Å². The first-order valence-electron chi connectivity index (χ1n) is 11.4. The zero-order valence-electron chi connectivity index (χ0n) is 20.2. The van der Waals surface area contributed by atoms with Gasteiger partial charge in [0.2, 0.25) is 15.9 Å². The zero-order chi connectivity index (χ0) is 26.4. The predicted octanol–water partition coefficient (Wildman–Crippen LogP) is 6.72. The Kier molecular flexibility index (Phi) is 8.01. The van der Waals surface area contributed by atoms with E-state index in [0.717, 1.165) is 10.6 Å². The highest BCUT2D eigenvalue weighted by Crippen LogP contribution is 2.33. The minimum atomic E-state index is -3.82. The van der Waals surface area contributed by atoms with Crippen LogP contribution in [0.3, 0.4) is 0 Å². The van der Waals surface area contributed by atoms with E-state index in [1.807, 2.05) is 48.5 Å². The summed E-state index contributed by atoms with van der Waals surface area (Å²) in [7, 11) is -3.82. The quantitative estimate of drug-likeness (QED) is 0.257.